The van der Waals surface area contributed by atoms with Crippen LogP contribution in [0.5, 0.6) is 0 Å². The quantitative estimate of drug-likeness (QED) is 0.851. The molecule has 0 bridgehead atoms. The van der Waals surface area contributed by atoms with Crippen LogP contribution in [-0.4, -0.2) is 30.5 Å². The molecule has 19 heavy (non-hydrogen) atoms. The molecule has 8 heteroatoms. The lowest BCUT2D eigenvalue weighted by Gasteiger charge is -2.17. The van der Waals surface area contributed by atoms with Gasteiger partial charge in [-0.25, -0.2) is 14.6 Å². The molecule has 0 saturated heterocycles. The first-order valence-corrected chi connectivity index (χ1v) is 5.89. The van der Waals surface area contributed by atoms with Gasteiger partial charge in [0.05, 0.1) is 6.33 Å². The minimum Gasteiger partial charge on any atom is -0.336 e. The Morgan fingerprint density at radius 3 is 2.68 bits per heavy atom. The number of hydrogen-bond acceptors (Lipinski definition) is 3. The van der Waals surface area contributed by atoms with Gasteiger partial charge in [-0.2, -0.15) is 18.3 Å². The summed E-state index contributed by atoms with van der Waals surface area (Å²) in [6.07, 6.45) is 3.65. The van der Waals surface area contributed by atoms with Gasteiger partial charge in [0.25, 0.3) is 0 Å². The number of aromatic nitrogens is 5. The van der Waals surface area contributed by atoms with E-state index in [0.29, 0.717) is 12.4 Å². The van der Waals surface area contributed by atoms with E-state index in [2.05, 4.69) is 15.1 Å². The van der Waals surface area contributed by atoms with E-state index in [0.717, 1.165) is 17.5 Å². The highest BCUT2D eigenvalue weighted by molar-refractivity contribution is 5.18. The molecule has 1 fully saturated rings. The topological polar surface area (TPSA) is 48.5 Å². The van der Waals surface area contributed by atoms with Crippen LogP contribution in [0.2, 0.25) is 0 Å². The largest absolute Gasteiger partial charge is 0.408 e. The number of nitrogens with zero attached hydrogens (tertiary/aromatic N) is 5. The first-order valence-electron chi connectivity index (χ1n) is 5.89. The summed E-state index contributed by atoms with van der Waals surface area (Å²) in [5.41, 5.74) is -0.331. The Morgan fingerprint density at radius 2 is 2.11 bits per heavy atom. The van der Waals surface area contributed by atoms with Gasteiger partial charge in [-0.05, 0) is 12.8 Å². The van der Waals surface area contributed by atoms with Gasteiger partial charge in [-0.3, -0.25) is 0 Å². The van der Waals surface area contributed by atoms with Gasteiger partial charge < -0.3 is 4.57 Å². The summed E-state index contributed by atoms with van der Waals surface area (Å²) in [6, 6.07) is 0. The molecule has 5 nitrogen and oxygen atoms in total. The van der Waals surface area contributed by atoms with Crippen molar-refractivity contribution in [3.05, 3.63) is 30.9 Å². The van der Waals surface area contributed by atoms with Gasteiger partial charge in [-0.1, -0.05) is 0 Å². The van der Waals surface area contributed by atoms with Crippen LogP contribution in [0.4, 0.5) is 13.2 Å². The zero-order chi connectivity index (χ0) is 13.5. The highest BCUT2D eigenvalue weighted by atomic mass is 19.4. The summed E-state index contributed by atoms with van der Waals surface area (Å²) in [5, 5.41) is 3.70. The molecule has 0 unspecified atom stereocenters. The molecule has 102 valence electrons. The third-order valence-corrected chi connectivity index (χ3v) is 3.32. The van der Waals surface area contributed by atoms with Crippen molar-refractivity contribution in [2.75, 3.05) is 0 Å². The Morgan fingerprint density at radius 1 is 1.32 bits per heavy atom. The van der Waals surface area contributed by atoms with Crippen LogP contribution in [-0.2, 0) is 18.5 Å². The first kappa shape index (κ1) is 12.2. The fourth-order valence-corrected chi connectivity index (χ4v) is 2.29. The van der Waals surface area contributed by atoms with Crippen LogP contribution in [0.3, 0.4) is 0 Å². The molecule has 2 heterocycles. The molecular formula is C11H12F3N5. The monoisotopic (exact) mass is 271 g/mol. The number of alkyl halides is 3. The molecule has 0 aromatic carbocycles. The fraction of sp³-hybridized carbons (Fsp3) is 0.545. The Kier molecular flexibility index (Phi) is 2.61. The van der Waals surface area contributed by atoms with Gasteiger partial charge in [-0.15, -0.1) is 0 Å². The molecule has 0 radical (unpaired) electrons. The highest BCUT2D eigenvalue weighted by Crippen LogP contribution is 2.48. The predicted octanol–water partition coefficient (Wildman–Crippen LogP) is 1.77. The summed E-state index contributed by atoms with van der Waals surface area (Å²) < 4.78 is 40.3. The third-order valence-electron chi connectivity index (χ3n) is 3.32. The molecule has 2 aromatic heterocycles. The van der Waals surface area contributed by atoms with Crippen molar-refractivity contribution in [2.45, 2.75) is 37.5 Å². The minimum atomic E-state index is -4.28. The molecule has 0 spiro atoms. The van der Waals surface area contributed by atoms with Gasteiger partial charge in [0, 0.05) is 24.4 Å². The summed E-state index contributed by atoms with van der Waals surface area (Å²) >= 11 is 0. The number of halogens is 3. The summed E-state index contributed by atoms with van der Waals surface area (Å²) in [4.78, 5) is 7.97. The Labute approximate surface area is 107 Å². The van der Waals surface area contributed by atoms with Gasteiger partial charge in [0.1, 0.15) is 18.7 Å². The molecule has 1 aliphatic rings. The molecule has 0 N–H and O–H groups in total. The number of imidazole rings is 1. The average Bonchev–Trinajstić information content (AvgIpc) is 2.75. The predicted molar refractivity (Wildman–Crippen MR) is 59.2 cm³/mol. The summed E-state index contributed by atoms with van der Waals surface area (Å²) in [5.74, 6) is 0.415. The van der Waals surface area contributed by atoms with Gasteiger partial charge in [0.15, 0.2) is 0 Å². The zero-order valence-corrected chi connectivity index (χ0v) is 10.0. The maximum Gasteiger partial charge on any atom is 0.408 e. The molecule has 0 amide bonds. The van der Waals surface area contributed by atoms with Crippen LogP contribution < -0.4 is 0 Å². The summed E-state index contributed by atoms with van der Waals surface area (Å²) in [7, 11) is 0. The Hall–Kier alpha value is -1.86. The lowest BCUT2D eigenvalue weighted by atomic mass is 10.1. The normalized spacial score (nSPS) is 17.6. The zero-order valence-electron chi connectivity index (χ0n) is 10.0. The van der Waals surface area contributed by atoms with Crippen molar-refractivity contribution in [3.8, 4) is 0 Å². The van der Waals surface area contributed by atoms with E-state index in [1.165, 1.54) is 6.33 Å². The van der Waals surface area contributed by atoms with Crippen LogP contribution in [0.1, 0.15) is 18.7 Å². The van der Waals surface area contributed by atoms with E-state index in [4.69, 9.17) is 0 Å². The second kappa shape index (κ2) is 4.07. The van der Waals surface area contributed by atoms with Crippen LogP contribution in [0.25, 0.3) is 0 Å². The molecule has 1 saturated carbocycles. The lowest BCUT2D eigenvalue weighted by molar-refractivity contribution is -0.143. The molecule has 1 aliphatic carbocycles. The van der Waals surface area contributed by atoms with Crippen LogP contribution >= 0.6 is 0 Å². The molecule has 0 aliphatic heterocycles. The second-order valence-electron chi connectivity index (χ2n) is 4.87. The van der Waals surface area contributed by atoms with E-state index >= 15 is 0 Å². The van der Waals surface area contributed by atoms with Crippen LogP contribution in [0.15, 0.2) is 25.0 Å². The standard InChI is InChI=1S/C11H12F3N5/c12-11(13,14)6-19-9(16-7-17-19)10(1-2-10)5-18-4-3-15-8-18/h3-4,7-8H,1-2,5-6H2. The summed E-state index contributed by atoms with van der Waals surface area (Å²) in [6.45, 7) is -0.502. The van der Waals surface area contributed by atoms with E-state index < -0.39 is 12.7 Å². The van der Waals surface area contributed by atoms with E-state index in [-0.39, 0.29) is 5.41 Å². The molecular weight excluding hydrogens is 259 g/mol. The lowest BCUT2D eigenvalue weighted by Crippen LogP contribution is -2.26. The van der Waals surface area contributed by atoms with Crippen molar-refractivity contribution < 1.29 is 13.2 Å². The van der Waals surface area contributed by atoms with Crippen molar-refractivity contribution in [1.82, 2.24) is 24.3 Å². The second-order valence-corrected chi connectivity index (χ2v) is 4.87. The smallest absolute Gasteiger partial charge is 0.336 e. The van der Waals surface area contributed by atoms with Gasteiger partial charge in [0.2, 0.25) is 0 Å². The van der Waals surface area contributed by atoms with Crippen LogP contribution in [0, 0.1) is 0 Å². The van der Waals surface area contributed by atoms with Crippen molar-refractivity contribution in [1.29, 1.82) is 0 Å². The van der Waals surface area contributed by atoms with Crippen molar-refractivity contribution in [2.24, 2.45) is 0 Å². The number of hydrogen-bond donors (Lipinski definition) is 0. The van der Waals surface area contributed by atoms with E-state index in [1.807, 2.05) is 4.57 Å². The average molecular weight is 271 g/mol. The Bertz CT molecular complexity index is 553. The first-order chi connectivity index (χ1) is 8.99. The minimum absolute atomic E-state index is 0.331. The van der Waals surface area contributed by atoms with Crippen molar-refractivity contribution >= 4 is 0 Å². The third kappa shape index (κ3) is 2.47. The molecule has 3 rings (SSSR count). The van der Waals surface area contributed by atoms with E-state index in [1.54, 1.807) is 18.7 Å². The maximum absolute atomic E-state index is 12.5. The van der Waals surface area contributed by atoms with E-state index in [9.17, 15) is 13.2 Å². The van der Waals surface area contributed by atoms with Crippen molar-refractivity contribution in [3.63, 3.8) is 0 Å². The number of rotatable bonds is 4. The van der Waals surface area contributed by atoms with Gasteiger partial charge >= 0.3 is 6.18 Å². The Balaban J connectivity index is 1.84. The molecule has 2 aromatic rings. The molecule has 0 atom stereocenters. The fourth-order valence-electron chi connectivity index (χ4n) is 2.29. The SMILES string of the molecule is FC(F)(F)Cn1ncnc1C1(Cn2ccnc2)CC1. The maximum atomic E-state index is 12.5. The highest BCUT2D eigenvalue weighted by Gasteiger charge is 2.49.